The minimum atomic E-state index is -0.949. The molecule has 144 valence electrons. The molecule has 1 saturated carbocycles. The van der Waals surface area contributed by atoms with Gasteiger partial charge in [-0.3, -0.25) is 0 Å². The number of likely N-dealkylation sites (tertiary alicyclic amines) is 1. The molecule has 1 heterocycles. The quantitative estimate of drug-likeness (QED) is 0.837. The van der Waals surface area contributed by atoms with E-state index < -0.39 is 17.6 Å². The minimum Gasteiger partial charge on any atom is -0.493 e. The van der Waals surface area contributed by atoms with E-state index in [1.165, 1.54) is 17.7 Å². The number of methoxy groups -OCH3 is 1. The lowest BCUT2D eigenvalue weighted by Gasteiger charge is -2.33. The van der Waals surface area contributed by atoms with Gasteiger partial charge in [0.15, 0.2) is 11.5 Å². The number of rotatable bonds is 5. The molecule has 6 heteroatoms. The highest BCUT2D eigenvalue weighted by Gasteiger charge is 2.48. The zero-order valence-corrected chi connectivity index (χ0v) is 15.8. The van der Waals surface area contributed by atoms with Gasteiger partial charge in [0.2, 0.25) is 0 Å². The minimum absolute atomic E-state index is 0.101. The molecule has 1 aliphatic heterocycles. The first kappa shape index (κ1) is 18.8. The first-order chi connectivity index (χ1) is 12.3. The molecule has 2 aliphatic rings. The Morgan fingerprint density at radius 2 is 2.00 bits per heavy atom. The van der Waals surface area contributed by atoms with Gasteiger partial charge < -0.3 is 24.6 Å². The molecule has 3 rings (SSSR count). The van der Waals surface area contributed by atoms with Crippen LogP contribution in [0.5, 0.6) is 11.5 Å². The van der Waals surface area contributed by atoms with Gasteiger partial charge in [0.1, 0.15) is 0 Å². The Hall–Kier alpha value is -1.95. The number of carboxylic acid groups (broad SMARTS) is 1. The summed E-state index contributed by atoms with van der Waals surface area (Å²) in [6, 6.07) is 5.80. The number of benzene rings is 1. The molecule has 2 fully saturated rings. The van der Waals surface area contributed by atoms with E-state index in [0.29, 0.717) is 24.6 Å². The van der Waals surface area contributed by atoms with E-state index in [-0.39, 0.29) is 12.0 Å². The molecule has 0 aromatic heterocycles. The van der Waals surface area contributed by atoms with Crippen LogP contribution in [0.15, 0.2) is 18.2 Å². The number of nitrogens with zero attached hydrogens (tertiary/aromatic N) is 1. The van der Waals surface area contributed by atoms with Gasteiger partial charge in [0.05, 0.1) is 19.3 Å². The van der Waals surface area contributed by atoms with Gasteiger partial charge in [-0.2, -0.15) is 0 Å². The van der Waals surface area contributed by atoms with Crippen molar-refractivity contribution in [2.75, 3.05) is 20.2 Å². The van der Waals surface area contributed by atoms with Gasteiger partial charge in [-0.1, -0.05) is 13.0 Å². The molecule has 1 aromatic rings. The first-order valence-corrected chi connectivity index (χ1v) is 9.35. The number of ether oxygens (including phenoxy) is 2. The van der Waals surface area contributed by atoms with E-state index in [0.717, 1.165) is 18.4 Å². The second kappa shape index (κ2) is 7.35. The SMILES string of the molecule is COc1ccc([C@@H]2CN(C(=O)O)C[C@@]2(C)[C@@H](C)O)cc1OC1CCCC1. The van der Waals surface area contributed by atoms with E-state index in [4.69, 9.17) is 9.47 Å². The highest BCUT2D eigenvalue weighted by Crippen LogP contribution is 2.47. The molecule has 26 heavy (non-hydrogen) atoms. The third-order valence-electron chi connectivity index (χ3n) is 6.14. The maximum absolute atomic E-state index is 11.5. The molecule has 1 aromatic carbocycles. The molecule has 2 N–H and O–H groups in total. The van der Waals surface area contributed by atoms with Crippen molar-refractivity contribution in [3.63, 3.8) is 0 Å². The fourth-order valence-corrected chi connectivity index (χ4v) is 4.26. The van der Waals surface area contributed by atoms with Crippen molar-refractivity contribution in [2.45, 2.75) is 57.7 Å². The largest absolute Gasteiger partial charge is 0.493 e. The Balaban J connectivity index is 1.92. The summed E-state index contributed by atoms with van der Waals surface area (Å²) in [5, 5.41) is 19.8. The summed E-state index contributed by atoms with van der Waals surface area (Å²) in [4.78, 5) is 12.9. The third-order valence-corrected chi connectivity index (χ3v) is 6.14. The van der Waals surface area contributed by atoms with Crippen LogP contribution < -0.4 is 9.47 Å². The van der Waals surface area contributed by atoms with Crippen LogP contribution in [0, 0.1) is 5.41 Å². The highest BCUT2D eigenvalue weighted by molar-refractivity contribution is 5.66. The van der Waals surface area contributed by atoms with Crippen LogP contribution in [-0.4, -0.2) is 53.6 Å². The summed E-state index contributed by atoms with van der Waals surface area (Å²) >= 11 is 0. The summed E-state index contributed by atoms with van der Waals surface area (Å²) in [5.41, 5.74) is 0.434. The number of hydrogen-bond acceptors (Lipinski definition) is 4. The van der Waals surface area contributed by atoms with E-state index in [1.807, 2.05) is 25.1 Å². The molecule has 1 saturated heterocycles. The van der Waals surface area contributed by atoms with Crippen LogP contribution in [-0.2, 0) is 0 Å². The number of aliphatic hydroxyl groups is 1. The zero-order valence-electron chi connectivity index (χ0n) is 15.8. The van der Waals surface area contributed by atoms with Crippen molar-refractivity contribution in [3.05, 3.63) is 23.8 Å². The van der Waals surface area contributed by atoms with Crippen LogP contribution >= 0.6 is 0 Å². The standard InChI is InChI=1S/C20H29NO5/c1-13(22)20(2)12-21(19(23)24)11-16(20)14-8-9-17(25-3)18(10-14)26-15-6-4-5-7-15/h8-10,13,15-16,22H,4-7,11-12H2,1-3H3,(H,23,24)/t13-,16+,20+/m1/s1. The normalized spacial score (nSPS) is 27.5. The van der Waals surface area contributed by atoms with Crippen LogP contribution in [0.3, 0.4) is 0 Å². The Kier molecular flexibility index (Phi) is 5.32. The second-order valence-electron chi connectivity index (χ2n) is 7.83. The fraction of sp³-hybridized carbons (Fsp3) is 0.650. The Morgan fingerprint density at radius 1 is 1.31 bits per heavy atom. The molecule has 3 atom stereocenters. The summed E-state index contributed by atoms with van der Waals surface area (Å²) in [6.07, 6.45) is 3.10. The Labute approximate surface area is 154 Å². The fourth-order valence-electron chi connectivity index (χ4n) is 4.26. The van der Waals surface area contributed by atoms with Crippen molar-refractivity contribution in [2.24, 2.45) is 5.41 Å². The summed E-state index contributed by atoms with van der Waals surface area (Å²) in [6.45, 7) is 4.37. The van der Waals surface area contributed by atoms with Crippen LogP contribution in [0.4, 0.5) is 4.79 Å². The monoisotopic (exact) mass is 363 g/mol. The van der Waals surface area contributed by atoms with Crippen molar-refractivity contribution >= 4 is 6.09 Å². The summed E-state index contributed by atoms with van der Waals surface area (Å²) in [7, 11) is 1.62. The van der Waals surface area contributed by atoms with Crippen LogP contribution in [0.1, 0.15) is 51.0 Å². The molecule has 0 radical (unpaired) electrons. The van der Waals surface area contributed by atoms with E-state index in [1.54, 1.807) is 14.0 Å². The Morgan fingerprint density at radius 3 is 2.58 bits per heavy atom. The van der Waals surface area contributed by atoms with E-state index in [2.05, 4.69) is 0 Å². The van der Waals surface area contributed by atoms with Gasteiger partial charge in [0, 0.05) is 24.4 Å². The lowest BCUT2D eigenvalue weighted by Crippen LogP contribution is -2.37. The first-order valence-electron chi connectivity index (χ1n) is 9.35. The maximum Gasteiger partial charge on any atom is 0.407 e. The number of amides is 1. The third kappa shape index (κ3) is 3.47. The molecular weight excluding hydrogens is 334 g/mol. The van der Waals surface area contributed by atoms with Crippen molar-refractivity contribution in [1.29, 1.82) is 0 Å². The summed E-state index contributed by atoms with van der Waals surface area (Å²) in [5.74, 6) is 1.29. The van der Waals surface area contributed by atoms with Crippen LogP contribution in [0.25, 0.3) is 0 Å². The molecule has 0 spiro atoms. The molecule has 1 amide bonds. The molecule has 1 aliphatic carbocycles. The lowest BCUT2D eigenvalue weighted by atomic mass is 9.72. The molecule has 0 bridgehead atoms. The predicted octanol–water partition coefficient (Wildman–Crippen LogP) is 3.48. The Bertz CT molecular complexity index is 656. The van der Waals surface area contributed by atoms with Crippen molar-refractivity contribution < 1.29 is 24.5 Å². The average Bonchev–Trinajstić information content (AvgIpc) is 3.23. The van der Waals surface area contributed by atoms with Gasteiger partial charge in [0.25, 0.3) is 0 Å². The molecule has 0 unspecified atom stereocenters. The zero-order chi connectivity index (χ0) is 18.9. The molecular formula is C20H29NO5. The van der Waals surface area contributed by atoms with Gasteiger partial charge in [-0.15, -0.1) is 0 Å². The number of carbonyl (C=O) groups is 1. The van der Waals surface area contributed by atoms with Gasteiger partial charge in [-0.05, 0) is 50.3 Å². The van der Waals surface area contributed by atoms with Gasteiger partial charge in [-0.25, -0.2) is 4.79 Å². The topological polar surface area (TPSA) is 79.2 Å². The maximum atomic E-state index is 11.5. The lowest BCUT2D eigenvalue weighted by molar-refractivity contribution is 0.0481. The smallest absolute Gasteiger partial charge is 0.407 e. The van der Waals surface area contributed by atoms with E-state index in [9.17, 15) is 15.0 Å². The number of hydrogen-bond donors (Lipinski definition) is 2. The highest BCUT2D eigenvalue weighted by atomic mass is 16.5. The van der Waals surface area contributed by atoms with Crippen molar-refractivity contribution in [3.8, 4) is 11.5 Å². The van der Waals surface area contributed by atoms with Crippen molar-refractivity contribution in [1.82, 2.24) is 4.90 Å². The summed E-state index contributed by atoms with van der Waals surface area (Å²) < 4.78 is 11.6. The average molecular weight is 363 g/mol. The van der Waals surface area contributed by atoms with E-state index >= 15 is 0 Å². The predicted molar refractivity (Wildman–Crippen MR) is 98.0 cm³/mol. The second-order valence-corrected chi connectivity index (χ2v) is 7.83. The van der Waals surface area contributed by atoms with Crippen LogP contribution in [0.2, 0.25) is 0 Å². The van der Waals surface area contributed by atoms with Gasteiger partial charge >= 0.3 is 6.09 Å². The number of aliphatic hydroxyl groups excluding tert-OH is 1. The molecule has 6 nitrogen and oxygen atoms in total.